The molecule has 30 heavy (non-hydrogen) atoms. The molecule has 2 aromatic carbocycles. The number of carbonyl (C=O) groups excluding carboxylic acids is 1. The normalized spacial score (nSPS) is 10.9. The van der Waals surface area contributed by atoms with Gasteiger partial charge in [-0.15, -0.1) is 0 Å². The van der Waals surface area contributed by atoms with Crippen LogP contribution >= 0.6 is 0 Å². The van der Waals surface area contributed by atoms with Crippen molar-refractivity contribution in [2.24, 2.45) is 0 Å². The van der Waals surface area contributed by atoms with E-state index >= 15 is 0 Å². The monoisotopic (exact) mass is 403 g/mol. The van der Waals surface area contributed by atoms with Crippen molar-refractivity contribution in [3.63, 3.8) is 0 Å². The van der Waals surface area contributed by atoms with Crippen LogP contribution < -0.4 is 14.8 Å². The van der Waals surface area contributed by atoms with Crippen molar-refractivity contribution in [3.8, 4) is 17.6 Å². The fourth-order valence-electron chi connectivity index (χ4n) is 2.74. The number of anilines is 1. The first-order valence-corrected chi connectivity index (χ1v) is 9.22. The van der Waals surface area contributed by atoms with Gasteiger partial charge in [-0.05, 0) is 48.7 Å². The molecule has 7 nitrogen and oxygen atoms in total. The highest BCUT2D eigenvalue weighted by Gasteiger charge is 2.13. The quantitative estimate of drug-likeness (QED) is 0.463. The smallest absolute Gasteiger partial charge is 0.267 e. The first-order valence-electron chi connectivity index (χ1n) is 9.22. The first kappa shape index (κ1) is 20.7. The number of nitrogens with zero attached hydrogens (tertiary/aromatic N) is 2. The Bertz CT molecular complexity index is 1130. The van der Waals surface area contributed by atoms with Gasteiger partial charge in [-0.1, -0.05) is 35.5 Å². The molecule has 0 aliphatic rings. The molecule has 0 radical (unpaired) electrons. The van der Waals surface area contributed by atoms with Crippen molar-refractivity contribution in [2.45, 2.75) is 20.5 Å². The molecular formula is C23H21N3O4. The highest BCUT2D eigenvalue weighted by atomic mass is 16.5. The Labute approximate surface area is 174 Å². The van der Waals surface area contributed by atoms with Crippen molar-refractivity contribution in [1.82, 2.24) is 5.16 Å². The third-order valence-corrected chi connectivity index (χ3v) is 4.38. The van der Waals surface area contributed by atoms with Gasteiger partial charge in [0.05, 0.1) is 7.11 Å². The molecule has 3 aromatic rings. The van der Waals surface area contributed by atoms with Gasteiger partial charge in [-0.3, -0.25) is 4.79 Å². The average Bonchev–Trinajstić information content (AvgIpc) is 3.16. The van der Waals surface area contributed by atoms with Crippen molar-refractivity contribution < 1.29 is 18.8 Å². The Morgan fingerprint density at radius 1 is 1.20 bits per heavy atom. The molecule has 0 fully saturated rings. The Balaban J connectivity index is 1.76. The van der Waals surface area contributed by atoms with Crippen LogP contribution in [-0.2, 0) is 11.4 Å². The number of amides is 1. The van der Waals surface area contributed by atoms with E-state index in [0.717, 1.165) is 11.1 Å². The highest BCUT2D eigenvalue weighted by Crippen LogP contribution is 2.30. The zero-order chi connectivity index (χ0) is 21.5. The van der Waals surface area contributed by atoms with Gasteiger partial charge in [0.2, 0.25) is 0 Å². The molecule has 0 saturated carbocycles. The molecular weight excluding hydrogens is 382 g/mol. The van der Waals surface area contributed by atoms with E-state index in [1.54, 1.807) is 31.2 Å². The van der Waals surface area contributed by atoms with Crippen LogP contribution in [-0.4, -0.2) is 18.2 Å². The second-order valence-electron chi connectivity index (χ2n) is 6.57. The standard InChI is InChI=1S/C23H21N3O4/c1-15-6-4-5-7-18(15)14-29-20-9-8-17(12-21(20)28-3)11-19(13-24)23(27)25-22-10-16(2)30-26-22/h4-12H,14H2,1-3H3,(H,25,26,27)/b19-11-. The maximum absolute atomic E-state index is 12.3. The lowest BCUT2D eigenvalue weighted by atomic mass is 10.1. The molecule has 1 heterocycles. The number of nitrogens with one attached hydrogen (secondary N) is 1. The zero-order valence-corrected chi connectivity index (χ0v) is 16.9. The molecule has 152 valence electrons. The van der Waals surface area contributed by atoms with Gasteiger partial charge >= 0.3 is 0 Å². The van der Waals surface area contributed by atoms with E-state index in [0.29, 0.717) is 29.4 Å². The third-order valence-electron chi connectivity index (χ3n) is 4.38. The molecule has 0 bridgehead atoms. The van der Waals surface area contributed by atoms with Crippen LogP contribution in [0.1, 0.15) is 22.5 Å². The van der Waals surface area contributed by atoms with E-state index in [4.69, 9.17) is 14.0 Å². The number of rotatable bonds is 7. The van der Waals surface area contributed by atoms with E-state index in [9.17, 15) is 10.1 Å². The van der Waals surface area contributed by atoms with Crippen LogP contribution in [0, 0.1) is 25.2 Å². The molecule has 0 unspecified atom stereocenters. The first-order chi connectivity index (χ1) is 14.5. The minimum Gasteiger partial charge on any atom is -0.493 e. The minimum atomic E-state index is -0.579. The summed E-state index contributed by atoms with van der Waals surface area (Å²) in [5.74, 6) is 1.29. The molecule has 1 N–H and O–H groups in total. The molecule has 0 atom stereocenters. The van der Waals surface area contributed by atoms with E-state index < -0.39 is 5.91 Å². The topological polar surface area (TPSA) is 97.4 Å². The summed E-state index contributed by atoms with van der Waals surface area (Å²) >= 11 is 0. The second kappa shape index (κ2) is 9.43. The minimum absolute atomic E-state index is 0.0775. The van der Waals surface area contributed by atoms with Gasteiger partial charge in [0, 0.05) is 6.07 Å². The summed E-state index contributed by atoms with van der Waals surface area (Å²) in [6, 6.07) is 16.6. The highest BCUT2D eigenvalue weighted by molar-refractivity contribution is 6.09. The van der Waals surface area contributed by atoms with Crippen LogP contribution in [0.4, 0.5) is 5.82 Å². The van der Waals surface area contributed by atoms with E-state index in [1.807, 2.05) is 37.3 Å². The maximum Gasteiger partial charge on any atom is 0.267 e. The number of nitriles is 1. The number of methoxy groups -OCH3 is 1. The van der Waals surface area contributed by atoms with Crippen LogP contribution in [0.5, 0.6) is 11.5 Å². The average molecular weight is 403 g/mol. The Kier molecular flexibility index (Phi) is 6.50. The summed E-state index contributed by atoms with van der Waals surface area (Å²) in [7, 11) is 1.54. The summed E-state index contributed by atoms with van der Waals surface area (Å²) < 4.78 is 16.2. The van der Waals surface area contributed by atoms with Crippen LogP contribution in [0.3, 0.4) is 0 Å². The number of aryl methyl sites for hydroxylation is 2. The zero-order valence-electron chi connectivity index (χ0n) is 16.9. The Hall–Kier alpha value is -4.05. The lowest BCUT2D eigenvalue weighted by molar-refractivity contribution is -0.112. The summed E-state index contributed by atoms with van der Waals surface area (Å²) in [5, 5.41) is 15.6. The molecule has 0 aliphatic heterocycles. The molecule has 1 amide bonds. The van der Waals surface area contributed by atoms with Crippen molar-refractivity contribution in [3.05, 3.63) is 76.6 Å². The third kappa shape index (κ3) is 5.06. The molecule has 1 aromatic heterocycles. The van der Waals surface area contributed by atoms with E-state index in [1.165, 1.54) is 13.2 Å². The van der Waals surface area contributed by atoms with Crippen LogP contribution in [0.15, 0.2) is 58.6 Å². The molecule has 0 spiro atoms. The number of hydrogen-bond donors (Lipinski definition) is 1. The van der Waals surface area contributed by atoms with Gasteiger partial charge in [0.1, 0.15) is 24.0 Å². The molecule has 3 rings (SSSR count). The largest absolute Gasteiger partial charge is 0.493 e. The van der Waals surface area contributed by atoms with Crippen molar-refractivity contribution >= 4 is 17.8 Å². The predicted octanol–water partition coefficient (Wildman–Crippen LogP) is 4.42. The lowest BCUT2D eigenvalue weighted by Crippen LogP contribution is -2.13. The SMILES string of the molecule is COc1cc(/C=C(/C#N)C(=O)Nc2cc(C)on2)ccc1OCc1ccccc1C. The predicted molar refractivity (Wildman–Crippen MR) is 112 cm³/mol. The van der Waals surface area contributed by atoms with E-state index in [2.05, 4.69) is 10.5 Å². The summed E-state index contributed by atoms with van der Waals surface area (Å²) in [6.45, 7) is 4.14. The van der Waals surface area contributed by atoms with Gasteiger partial charge < -0.3 is 19.3 Å². The Morgan fingerprint density at radius 3 is 2.67 bits per heavy atom. The van der Waals surface area contributed by atoms with E-state index in [-0.39, 0.29) is 11.4 Å². The maximum atomic E-state index is 12.3. The summed E-state index contributed by atoms with van der Waals surface area (Å²) in [4.78, 5) is 12.3. The fourth-order valence-corrected chi connectivity index (χ4v) is 2.74. The molecule has 0 aliphatic carbocycles. The molecule has 0 saturated heterocycles. The molecule has 7 heteroatoms. The lowest BCUT2D eigenvalue weighted by Gasteiger charge is -2.12. The number of hydrogen-bond acceptors (Lipinski definition) is 6. The summed E-state index contributed by atoms with van der Waals surface area (Å²) in [6.07, 6.45) is 1.47. The van der Waals surface area contributed by atoms with Crippen molar-refractivity contribution in [2.75, 3.05) is 12.4 Å². The number of benzene rings is 2. The number of carbonyl (C=O) groups is 1. The summed E-state index contributed by atoms with van der Waals surface area (Å²) in [5.41, 5.74) is 2.77. The van der Waals surface area contributed by atoms with Crippen molar-refractivity contribution in [1.29, 1.82) is 5.26 Å². The second-order valence-corrected chi connectivity index (χ2v) is 6.57. The van der Waals surface area contributed by atoms with Crippen LogP contribution in [0.25, 0.3) is 6.08 Å². The van der Waals surface area contributed by atoms with Gasteiger partial charge in [-0.2, -0.15) is 5.26 Å². The van der Waals surface area contributed by atoms with Crippen LogP contribution in [0.2, 0.25) is 0 Å². The van der Waals surface area contributed by atoms with Gasteiger partial charge in [0.25, 0.3) is 5.91 Å². The fraction of sp³-hybridized carbons (Fsp3) is 0.174. The number of ether oxygens (including phenoxy) is 2. The van der Waals surface area contributed by atoms with Gasteiger partial charge in [0.15, 0.2) is 17.3 Å². The Morgan fingerprint density at radius 2 is 2.00 bits per heavy atom. The van der Waals surface area contributed by atoms with Gasteiger partial charge in [-0.25, -0.2) is 0 Å². The number of aromatic nitrogens is 1.